The zero-order chi connectivity index (χ0) is 26.3. The van der Waals surface area contributed by atoms with Crippen LogP contribution in [-0.2, 0) is 0 Å². The Labute approximate surface area is 218 Å². The minimum Gasteiger partial charge on any atom is -0.478 e. The second kappa shape index (κ2) is 9.61. The van der Waals surface area contributed by atoms with E-state index in [-0.39, 0.29) is 29.0 Å². The number of aromatic carboxylic acids is 1. The quantitative estimate of drug-likeness (QED) is 0.195. The van der Waals surface area contributed by atoms with Gasteiger partial charge in [0.05, 0.1) is 11.1 Å². The van der Waals surface area contributed by atoms with Crippen LogP contribution in [0.4, 0.5) is 11.4 Å². The summed E-state index contributed by atoms with van der Waals surface area (Å²) in [5.41, 5.74) is 2.39. The molecular formula is C28H24N4O4S. The third-order valence-corrected chi connectivity index (χ3v) is 6.55. The number of carbonyl (C=O) groups excluding carboxylic acids is 2. The predicted molar refractivity (Wildman–Crippen MR) is 149 cm³/mol. The molecule has 3 N–H and O–H groups in total. The Morgan fingerprint density at radius 2 is 1.59 bits per heavy atom. The van der Waals surface area contributed by atoms with Crippen molar-refractivity contribution < 1.29 is 19.5 Å². The number of anilines is 2. The van der Waals surface area contributed by atoms with Gasteiger partial charge in [-0.15, -0.1) is 0 Å². The lowest BCUT2D eigenvalue weighted by Crippen LogP contribution is -2.43. The fourth-order valence-electron chi connectivity index (χ4n) is 4.58. The van der Waals surface area contributed by atoms with Gasteiger partial charge in [0.15, 0.2) is 5.11 Å². The number of carboxylic acids is 1. The van der Waals surface area contributed by atoms with Crippen LogP contribution in [0.1, 0.15) is 31.1 Å². The van der Waals surface area contributed by atoms with Gasteiger partial charge in [-0.1, -0.05) is 24.3 Å². The van der Waals surface area contributed by atoms with E-state index < -0.39 is 5.97 Å². The molecule has 0 unspecified atom stereocenters. The number of benzene rings is 4. The number of hydrogen-bond donors (Lipinski definition) is 3. The summed E-state index contributed by atoms with van der Waals surface area (Å²) >= 11 is 5.53. The van der Waals surface area contributed by atoms with Gasteiger partial charge in [-0.25, -0.2) is 4.79 Å². The highest BCUT2D eigenvalue weighted by Gasteiger charge is 2.34. The van der Waals surface area contributed by atoms with Crippen molar-refractivity contribution in [1.29, 1.82) is 0 Å². The van der Waals surface area contributed by atoms with Gasteiger partial charge in [0.25, 0.3) is 11.8 Å². The average molecular weight is 513 g/mol. The van der Waals surface area contributed by atoms with Gasteiger partial charge >= 0.3 is 5.97 Å². The van der Waals surface area contributed by atoms with Crippen LogP contribution in [0.15, 0.2) is 66.7 Å². The van der Waals surface area contributed by atoms with Crippen LogP contribution in [0.5, 0.6) is 0 Å². The van der Waals surface area contributed by atoms with Crippen molar-refractivity contribution in [2.75, 3.05) is 37.8 Å². The number of imide groups is 1. The molecular weight excluding hydrogens is 488 g/mol. The topological polar surface area (TPSA) is 102 Å². The van der Waals surface area contributed by atoms with Crippen LogP contribution >= 0.6 is 12.2 Å². The van der Waals surface area contributed by atoms with E-state index in [4.69, 9.17) is 17.3 Å². The van der Waals surface area contributed by atoms with Gasteiger partial charge in [0.1, 0.15) is 0 Å². The molecule has 0 atom stereocenters. The first-order valence-corrected chi connectivity index (χ1v) is 12.1. The number of carboxylic acid groups (broad SMARTS) is 1. The molecule has 1 heterocycles. The molecule has 186 valence electrons. The largest absolute Gasteiger partial charge is 0.478 e. The summed E-state index contributed by atoms with van der Waals surface area (Å²) in [6.07, 6.45) is 0. The molecule has 8 nitrogen and oxygen atoms in total. The maximum atomic E-state index is 13.8. The molecule has 0 bridgehead atoms. The minimum atomic E-state index is -1.01. The highest BCUT2D eigenvalue weighted by atomic mass is 32.1. The minimum absolute atomic E-state index is 0.173. The van der Waals surface area contributed by atoms with Crippen LogP contribution in [-0.4, -0.2) is 65.0 Å². The Balaban J connectivity index is 1.57. The monoisotopic (exact) mass is 512 g/mol. The Kier molecular flexibility index (Phi) is 6.32. The lowest BCUT2D eigenvalue weighted by molar-refractivity contribution is 0.0600. The molecule has 0 saturated carbocycles. The molecule has 0 aromatic heterocycles. The summed E-state index contributed by atoms with van der Waals surface area (Å²) in [6.45, 7) is 0.826. The van der Waals surface area contributed by atoms with E-state index in [1.54, 1.807) is 18.2 Å². The molecule has 0 fully saturated rings. The SMILES string of the molecule is CN(C)CCN1C(=O)c2cccc3cc4cccc(NC(=S)Nc5ccc(C(=O)O)cc5)c4c(c23)C1=O. The average Bonchev–Trinajstić information content (AvgIpc) is 2.86. The Morgan fingerprint density at radius 3 is 2.27 bits per heavy atom. The molecule has 0 radical (unpaired) electrons. The molecule has 4 aromatic rings. The van der Waals surface area contributed by atoms with E-state index in [9.17, 15) is 14.4 Å². The smallest absolute Gasteiger partial charge is 0.335 e. The fraction of sp³-hybridized carbons (Fsp3) is 0.143. The summed E-state index contributed by atoms with van der Waals surface area (Å²) < 4.78 is 0. The van der Waals surface area contributed by atoms with E-state index >= 15 is 0 Å². The summed E-state index contributed by atoms with van der Waals surface area (Å²) in [6, 6.07) is 19.3. The van der Waals surface area contributed by atoms with E-state index in [1.165, 1.54) is 17.0 Å². The number of nitrogens with one attached hydrogen (secondary N) is 2. The van der Waals surface area contributed by atoms with Gasteiger partial charge in [-0.05, 0) is 79.6 Å². The van der Waals surface area contributed by atoms with Crippen molar-refractivity contribution in [1.82, 2.24) is 9.80 Å². The van der Waals surface area contributed by atoms with Crippen LogP contribution in [0.2, 0.25) is 0 Å². The van der Waals surface area contributed by atoms with Gasteiger partial charge < -0.3 is 20.6 Å². The number of carbonyl (C=O) groups is 3. The standard InChI is InChI=1S/C28H24N4O4S/c1-31(2)13-14-32-25(33)20-7-3-5-17-15-18-6-4-8-21(23(18)24(22(17)20)26(32)34)30-28(37)29-19-11-9-16(10-12-19)27(35)36/h3-12,15H,13-14H2,1-2H3,(H,35,36)(H2,29,30,37). The van der Waals surface area contributed by atoms with Crippen LogP contribution in [0.3, 0.4) is 0 Å². The first-order valence-electron chi connectivity index (χ1n) is 11.7. The molecule has 0 spiro atoms. The number of amides is 2. The molecule has 1 aliphatic rings. The van der Waals surface area contributed by atoms with E-state index in [0.29, 0.717) is 39.8 Å². The van der Waals surface area contributed by atoms with Crippen molar-refractivity contribution in [3.05, 3.63) is 83.4 Å². The van der Waals surface area contributed by atoms with Gasteiger partial charge in [-0.3, -0.25) is 14.5 Å². The molecule has 0 aliphatic carbocycles. The molecule has 4 aromatic carbocycles. The molecule has 5 rings (SSSR count). The molecule has 0 saturated heterocycles. The maximum absolute atomic E-state index is 13.8. The summed E-state index contributed by atoms with van der Waals surface area (Å²) in [5, 5.41) is 18.6. The summed E-state index contributed by atoms with van der Waals surface area (Å²) in [5.74, 6) is -1.64. The van der Waals surface area contributed by atoms with Gasteiger partial charge in [-0.2, -0.15) is 0 Å². The van der Waals surface area contributed by atoms with E-state index in [0.717, 1.165) is 10.8 Å². The van der Waals surface area contributed by atoms with E-state index in [2.05, 4.69) is 10.6 Å². The lowest BCUT2D eigenvalue weighted by Gasteiger charge is -2.29. The van der Waals surface area contributed by atoms with E-state index in [1.807, 2.05) is 55.4 Å². The third-order valence-electron chi connectivity index (χ3n) is 6.35. The molecule has 37 heavy (non-hydrogen) atoms. The van der Waals surface area contributed by atoms with Gasteiger partial charge in [0.2, 0.25) is 0 Å². The number of rotatable bonds is 6. The number of fused-ring (bicyclic) bond motifs is 2. The van der Waals surface area contributed by atoms with Crippen molar-refractivity contribution >= 4 is 68.0 Å². The zero-order valence-corrected chi connectivity index (χ0v) is 21.1. The summed E-state index contributed by atoms with van der Waals surface area (Å²) in [7, 11) is 3.79. The van der Waals surface area contributed by atoms with Crippen molar-refractivity contribution in [2.24, 2.45) is 0 Å². The second-order valence-electron chi connectivity index (χ2n) is 9.09. The van der Waals surface area contributed by atoms with Crippen molar-refractivity contribution in [3.63, 3.8) is 0 Å². The third kappa shape index (κ3) is 4.50. The summed E-state index contributed by atoms with van der Waals surface area (Å²) in [4.78, 5) is 41.5. The zero-order valence-electron chi connectivity index (χ0n) is 20.2. The molecule has 1 aliphatic heterocycles. The highest BCUT2D eigenvalue weighted by molar-refractivity contribution is 7.80. The van der Waals surface area contributed by atoms with Crippen LogP contribution in [0, 0.1) is 0 Å². The first kappa shape index (κ1) is 24.4. The van der Waals surface area contributed by atoms with Crippen LogP contribution < -0.4 is 10.6 Å². The Bertz CT molecular complexity index is 1600. The fourth-order valence-corrected chi connectivity index (χ4v) is 4.81. The predicted octanol–water partition coefficient (Wildman–Crippen LogP) is 4.66. The van der Waals surface area contributed by atoms with Crippen LogP contribution in [0.25, 0.3) is 21.5 Å². The number of likely N-dealkylation sites (N-methyl/N-ethyl adjacent to an activating group) is 1. The number of hydrogen-bond acceptors (Lipinski definition) is 5. The second-order valence-corrected chi connectivity index (χ2v) is 9.49. The van der Waals surface area contributed by atoms with Gasteiger partial charge in [0, 0.05) is 40.8 Å². The first-order chi connectivity index (χ1) is 17.7. The molecule has 2 amide bonds. The van der Waals surface area contributed by atoms with Crippen molar-refractivity contribution in [2.45, 2.75) is 0 Å². The highest BCUT2D eigenvalue weighted by Crippen LogP contribution is 2.38. The Morgan fingerprint density at radius 1 is 0.919 bits per heavy atom. The number of thiocarbonyl (C=S) groups is 1. The Hall–Kier alpha value is -4.34. The maximum Gasteiger partial charge on any atom is 0.335 e. The lowest BCUT2D eigenvalue weighted by atomic mass is 9.89. The molecule has 9 heteroatoms. The normalized spacial score (nSPS) is 12.9. The van der Waals surface area contributed by atoms with Crippen molar-refractivity contribution in [3.8, 4) is 0 Å². The number of nitrogens with zero attached hydrogens (tertiary/aromatic N) is 2.